The molecule has 1 rings (SSSR count). The number of hydrogen-bond acceptors (Lipinski definition) is 2. The van der Waals surface area contributed by atoms with Crippen LogP contribution in [0.2, 0.25) is 0 Å². The summed E-state index contributed by atoms with van der Waals surface area (Å²) in [5.41, 5.74) is 1.34. The second kappa shape index (κ2) is 9.29. The average Bonchev–Trinajstić information content (AvgIpc) is 2.41. The second-order valence-electron chi connectivity index (χ2n) is 5.71. The number of rotatable bonds is 9. The lowest BCUT2D eigenvalue weighted by molar-refractivity contribution is 0.545. The summed E-state index contributed by atoms with van der Waals surface area (Å²) in [4.78, 5) is 0. The first-order chi connectivity index (χ1) is 8.77. The Kier molecular flexibility index (Phi) is 7.95. The SMILES string of the molecule is CCCCCCC1C=NN=C(C(C)CCCC)C1. The summed E-state index contributed by atoms with van der Waals surface area (Å²) in [7, 11) is 0. The molecule has 0 aromatic rings. The molecule has 0 aromatic carbocycles. The van der Waals surface area contributed by atoms with Crippen molar-refractivity contribution < 1.29 is 0 Å². The van der Waals surface area contributed by atoms with E-state index in [2.05, 4.69) is 37.2 Å². The monoisotopic (exact) mass is 250 g/mol. The molecule has 0 N–H and O–H groups in total. The van der Waals surface area contributed by atoms with E-state index >= 15 is 0 Å². The number of unbranched alkanes of at least 4 members (excludes halogenated alkanes) is 4. The molecule has 0 radical (unpaired) electrons. The van der Waals surface area contributed by atoms with Crippen molar-refractivity contribution in [3.8, 4) is 0 Å². The van der Waals surface area contributed by atoms with E-state index in [1.807, 2.05) is 0 Å². The zero-order valence-corrected chi connectivity index (χ0v) is 12.5. The van der Waals surface area contributed by atoms with Crippen molar-refractivity contribution in [2.45, 2.75) is 78.6 Å². The quantitative estimate of drug-likeness (QED) is 0.501. The van der Waals surface area contributed by atoms with Gasteiger partial charge in [-0.05, 0) is 25.2 Å². The molecule has 2 nitrogen and oxygen atoms in total. The first kappa shape index (κ1) is 15.4. The molecule has 104 valence electrons. The lowest BCUT2D eigenvalue weighted by atomic mass is 9.88. The molecule has 2 unspecified atom stereocenters. The van der Waals surface area contributed by atoms with E-state index in [1.54, 1.807) is 0 Å². The molecule has 0 aromatic heterocycles. The van der Waals surface area contributed by atoms with Gasteiger partial charge in [0, 0.05) is 17.8 Å². The predicted molar refractivity (Wildman–Crippen MR) is 81.5 cm³/mol. The van der Waals surface area contributed by atoms with Gasteiger partial charge in [-0.15, -0.1) is 0 Å². The molecule has 0 amide bonds. The Hall–Kier alpha value is -0.660. The number of nitrogens with zero attached hydrogens (tertiary/aromatic N) is 2. The summed E-state index contributed by atoms with van der Waals surface area (Å²) in [6.45, 7) is 6.83. The van der Waals surface area contributed by atoms with E-state index in [4.69, 9.17) is 0 Å². The Morgan fingerprint density at radius 2 is 1.94 bits per heavy atom. The van der Waals surface area contributed by atoms with E-state index < -0.39 is 0 Å². The van der Waals surface area contributed by atoms with Crippen molar-refractivity contribution >= 4 is 11.9 Å². The largest absolute Gasteiger partial charge is 0.163 e. The van der Waals surface area contributed by atoms with E-state index in [1.165, 1.54) is 57.1 Å². The fraction of sp³-hybridized carbons (Fsp3) is 0.875. The standard InChI is InChI=1S/C16H30N2/c1-4-6-8-9-11-15-12-16(18-17-13-15)14(3)10-7-5-2/h13-15H,4-12H2,1-3H3. The molecule has 2 atom stereocenters. The van der Waals surface area contributed by atoms with E-state index in [0.717, 1.165) is 6.42 Å². The summed E-state index contributed by atoms with van der Waals surface area (Å²) >= 11 is 0. The van der Waals surface area contributed by atoms with Crippen molar-refractivity contribution in [1.82, 2.24) is 0 Å². The van der Waals surface area contributed by atoms with E-state index in [9.17, 15) is 0 Å². The minimum absolute atomic E-state index is 0.626. The molecule has 0 fully saturated rings. The van der Waals surface area contributed by atoms with Gasteiger partial charge in [0.15, 0.2) is 0 Å². The van der Waals surface area contributed by atoms with Crippen LogP contribution in [0.3, 0.4) is 0 Å². The maximum absolute atomic E-state index is 4.36. The highest BCUT2D eigenvalue weighted by atomic mass is 15.2. The van der Waals surface area contributed by atoms with Gasteiger partial charge in [0.2, 0.25) is 0 Å². The molecule has 0 saturated carbocycles. The third-order valence-electron chi connectivity index (χ3n) is 3.92. The van der Waals surface area contributed by atoms with Crippen LogP contribution in [0.25, 0.3) is 0 Å². The lowest BCUT2D eigenvalue weighted by Gasteiger charge is -2.20. The molecule has 1 aliphatic rings. The van der Waals surface area contributed by atoms with Crippen molar-refractivity contribution in [2.24, 2.45) is 22.0 Å². The van der Waals surface area contributed by atoms with Crippen molar-refractivity contribution in [3.63, 3.8) is 0 Å². The van der Waals surface area contributed by atoms with Crippen LogP contribution in [-0.2, 0) is 0 Å². The van der Waals surface area contributed by atoms with Crippen LogP contribution in [0, 0.1) is 11.8 Å². The highest BCUT2D eigenvalue weighted by Crippen LogP contribution is 2.22. The molecule has 0 saturated heterocycles. The smallest absolute Gasteiger partial charge is 0.0440 e. The van der Waals surface area contributed by atoms with Crippen LogP contribution in [0.5, 0.6) is 0 Å². The normalized spacial score (nSPS) is 20.8. The first-order valence-electron chi connectivity index (χ1n) is 7.87. The third-order valence-corrected chi connectivity index (χ3v) is 3.92. The van der Waals surface area contributed by atoms with Crippen LogP contribution >= 0.6 is 0 Å². The first-order valence-corrected chi connectivity index (χ1v) is 7.87. The Bertz CT molecular complexity index is 268. The molecule has 18 heavy (non-hydrogen) atoms. The molecular formula is C16H30N2. The number of hydrogen-bond donors (Lipinski definition) is 0. The van der Waals surface area contributed by atoms with Gasteiger partial charge in [-0.3, -0.25) is 0 Å². The van der Waals surface area contributed by atoms with Gasteiger partial charge < -0.3 is 0 Å². The average molecular weight is 250 g/mol. The van der Waals surface area contributed by atoms with Gasteiger partial charge in [-0.25, -0.2) is 0 Å². The Morgan fingerprint density at radius 1 is 1.17 bits per heavy atom. The van der Waals surface area contributed by atoms with Crippen LogP contribution in [0.15, 0.2) is 10.2 Å². The minimum Gasteiger partial charge on any atom is -0.163 e. The fourth-order valence-electron chi connectivity index (χ4n) is 2.55. The van der Waals surface area contributed by atoms with Crippen molar-refractivity contribution in [1.29, 1.82) is 0 Å². The highest BCUT2D eigenvalue weighted by Gasteiger charge is 2.18. The van der Waals surface area contributed by atoms with Crippen LogP contribution in [-0.4, -0.2) is 11.9 Å². The maximum Gasteiger partial charge on any atom is 0.0440 e. The van der Waals surface area contributed by atoms with Gasteiger partial charge in [0.05, 0.1) is 0 Å². The summed E-state index contributed by atoms with van der Waals surface area (Å²) in [5, 5.41) is 8.59. The molecule has 0 aliphatic carbocycles. The third kappa shape index (κ3) is 5.79. The minimum atomic E-state index is 0.626. The Labute approximate surface area is 113 Å². The summed E-state index contributed by atoms with van der Waals surface area (Å²) < 4.78 is 0. The molecule has 2 heteroatoms. The molecule has 0 bridgehead atoms. The summed E-state index contributed by atoms with van der Waals surface area (Å²) in [6.07, 6.45) is 13.8. The van der Waals surface area contributed by atoms with Crippen molar-refractivity contribution in [2.75, 3.05) is 0 Å². The zero-order chi connectivity index (χ0) is 13.2. The van der Waals surface area contributed by atoms with Gasteiger partial charge in [0.25, 0.3) is 0 Å². The van der Waals surface area contributed by atoms with Gasteiger partial charge >= 0.3 is 0 Å². The molecule has 0 spiro atoms. The topological polar surface area (TPSA) is 24.7 Å². The Balaban J connectivity index is 2.27. The molecular weight excluding hydrogens is 220 g/mol. The van der Waals surface area contributed by atoms with Crippen LogP contribution in [0.4, 0.5) is 0 Å². The van der Waals surface area contributed by atoms with Gasteiger partial charge in [-0.1, -0.05) is 59.3 Å². The lowest BCUT2D eigenvalue weighted by Crippen LogP contribution is -2.19. The predicted octanol–water partition coefficient (Wildman–Crippen LogP) is 5.23. The van der Waals surface area contributed by atoms with E-state index in [-0.39, 0.29) is 0 Å². The Morgan fingerprint density at radius 3 is 2.67 bits per heavy atom. The van der Waals surface area contributed by atoms with Crippen molar-refractivity contribution in [3.05, 3.63) is 0 Å². The maximum atomic E-state index is 4.36. The molecule has 1 aliphatic heterocycles. The molecule has 1 heterocycles. The van der Waals surface area contributed by atoms with Gasteiger partial charge in [-0.2, -0.15) is 10.2 Å². The van der Waals surface area contributed by atoms with E-state index in [0.29, 0.717) is 11.8 Å². The fourth-order valence-corrected chi connectivity index (χ4v) is 2.55. The summed E-state index contributed by atoms with van der Waals surface area (Å²) in [5.74, 6) is 1.28. The van der Waals surface area contributed by atoms with Gasteiger partial charge in [0.1, 0.15) is 0 Å². The van der Waals surface area contributed by atoms with Crippen LogP contribution in [0.1, 0.15) is 78.6 Å². The zero-order valence-electron chi connectivity index (χ0n) is 12.5. The summed E-state index contributed by atoms with van der Waals surface area (Å²) in [6, 6.07) is 0. The highest BCUT2D eigenvalue weighted by molar-refractivity contribution is 5.90. The second-order valence-corrected chi connectivity index (χ2v) is 5.71. The van der Waals surface area contributed by atoms with Crippen LogP contribution < -0.4 is 0 Å².